The molecule has 0 aromatic heterocycles. The molecule has 11 heavy (non-hydrogen) atoms. The molecule has 0 spiro atoms. The van der Waals surface area contributed by atoms with Gasteiger partial charge in [-0.2, -0.15) is 0 Å². The molecule has 0 aromatic rings. The second-order valence-electron chi connectivity index (χ2n) is 2.37. The molecular formula is C4H14BaN4O2. The minimum Gasteiger partial charge on any atom is -0.827 e. The number of nitrogens with two attached hydrogens (primary N) is 4. The van der Waals surface area contributed by atoms with Crippen molar-refractivity contribution in [2.75, 3.05) is 0 Å². The third kappa shape index (κ3) is 557. The molecule has 0 fully saturated rings. The summed E-state index contributed by atoms with van der Waals surface area (Å²) in [5.41, 5.74) is 18.3. The van der Waals surface area contributed by atoms with Crippen molar-refractivity contribution >= 4 is 48.9 Å². The van der Waals surface area contributed by atoms with Crippen LogP contribution < -0.4 is 33.1 Å². The van der Waals surface area contributed by atoms with Crippen LogP contribution in [0.25, 0.3) is 0 Å². The van der Waals surface area contributed by atoms with Crippen LogP contribution in [0, 0.1) is 0 Å². The molecule has 7 heteroatoms. The minimum absolute atomic E-state index is 0. The van der Waals surface area contributed by atoms with Crippen LogP contribution in [0.15, 0.2) is 0 Å². The summed E-state index contributed by atoms with van der Waals surface area (Å²) < 4.78 is 0. The Morgan fingerprint density at radius 1 is 0.818 bits per heavy atom. The molecule has 8 N–H and O–H groups in total. The van der Waals surface area contributed by atoms with Gasteiger partial charge >= 0.3 is 48.9 Å². The molecule has 64 valence electrons. The van der Waals surface area contributed by atoms with E-state index in [1.807, 2.05) is 0 Å². The molecular weight excluding hydrogens is 273 g/mol. The summed E-state index contributed by atoms with van der Waals surface area (Å²) in [6, 6.07) is 0. The number of hydrogen-bond donors (Lipinski definition) is 4. The summed E-state index contributed by atoms with van der Waals surface area (Å²) in [5.74, 6) is -3.50. The van der Waals surface area contributed by atoms with Gasteiger partial charge in [0, 0.05) is 0 Å². The summed E-state index contributed by atoms with van der Waals surface area (Å²) in [6.07, 6.45) is 0. The molecule has 0 unspecified atom stereocenters. The van der Waals surface area contributed by atoms with Crippen molar-refractivity contribution in [1.82, 2.24) is 0 Å². The Hall–Kier alpha value is 1.33. The first-order valence-electron chi connectivity index (χ1n) is 2.56. The van der Waals surface area contributed by atoms with Gasteiger partial charge in [-0.1, -0.05) is 0 Å². The first-order valence-corrected chi connectivity index (χ1v) is 2.56. The van der Waals surface area contributed by atoms with Crippen LogP contribution in [0.4, 0.5) is 0 Å². The van der Waals surface area contributed by atoms with Crippen molar-refractivity contribution < 1.29 is 10.2 Å². The Labute approximate surface area is 106 Å². The maximum atomic E-state index is 9.66. The fourth-order valence-corrected chi connectivity index (χ4v) is 0. The zero-order valence-corrected chi connectivity index (χ0v) is 11.3. The molecule has 0 aromatic carbocycles. The fraction of sp³-hybridized carbons (Fsp3) is 1.00. The molecule has 0 rings (SSSR count). The first kappa shape index (κ1) is 18.2. The first-order chi connectivity index (χ1) is 4.00. The van der Waals surface area contributed by atoms with Gasteiger partial charge in [-0.05, 0) is 25.5 Å². The summed E-state index contributed by atoms with van der Waals surface area (Å²) >= 11 is 0. The summed E-state index contributed by atoms with van der Waals surface area (Å²) in [5, 5.41) is 19.3. The molecule has 0 heterocycles. The van der Waals surface area contributed by atoms with Crippen LogP contribution in [-0.4, -0.2) is 60.6 Å². The van der Waals surface area contributed by atoms with Crippen LogP contribution in [0.1, 0.15) is 13.8 Å². The van der Waals surface area contributed by atoms with E-state index in [1.54, 1.807) is 0 Å². The van der Waals surface area contributed by atoms with E-state index in [4.69, 9.17) is 0 Å². The maximum absolute atomic E-state index is 9.66. The quantitative estimate of drug-likeness (QED) is 0.260. The average molecular weight is 288 g/mol. The standard InChI is InChI=1S/2C2H7N2O.Ba/c2*1-2(3,4)5;/h2*3-4H2,1H3;/q2*-1;+2. The Balaban J connectivity index is -0.000000107. The Morgan fingerprint density at radius 3 is 0.818 bits per heavy atom. The zero-order valence-electron chi connectivity index (χ0n) is 6.83. The van der Waals surface area contributed by atoms with Crippen molar-refractivity contribution in [1.29, 1.82) is 0 Å². The van der Waals surface area contributed by atoms with E-state index in [1.165, 1.54) is 13.8 Å². The summed E-state index contributed by atoms with van der Waals surface area (Å²) in [7, 11) is 0. The second-order valence-corrected chi connectivity index (χ2v) is 2.37. The van der Waals surface area contributed by atoms with Crippen LogP contribution >= 0.6 is 0 Å². The molecule has 0 aliphatic heterocycles. The van der Waals surface area contributed by atoms with Gasteiger partial charge in [0.25, 0.3) is 0 Å². The predicted octanol–water partition coefficient (Wildman–Crippen LogP) is -4.51. The molecule has 0 atom stereocenters. The Kier molecular flexibility index (Phi) is 11.2. The molecule has 0 bridgehead atoms. The molecule has 6 nitrogen and oxygen atoms in total. The third-order valence-electron chi connectivity index (χ3n) is 0. The number of rotatable bonds is 0. The third-order valence-corrected chi connectivity index (χ3v) is 0. The topological polar surface area (TPSA) is 150 Å². The largest absolute Gasteiger partial charge is 2.00 e. The molecule has 0 amide bonds. The molecule has 0 aliphatic rings. The summed E-state index contributed by atoms with van der Waals surface area (Å²) in [4.78, 5) is 0. The van der Waals surface area contributed by atoms with E-state index in [9.17, 15) is 10.2 Å². The van der Waals surface area contributed by atoms with Gasteiger partial charge in [0.15, 0.2) is 0 Å². The van der Waals surface area contributed by atoms with Crippen molar-refractivity contribution in [3.8, 4) is 0 Å². The Bertz CT molecular complexity index is 63.1. The van der Waals surface area contributed by atoms with E-state index in [2.05, 4.69) is 22.9 Å². The summed E-state index contributed by atoms with van der Waals surface area (Å²) in [6.45, 7) is 2.38. The van der Waals surface area contributed by atoms with Gasteiger partial charge in [0.05, 0.1) is 0 Å². The van der Waals surface area contributed by atoms with Crippen molar-refractivity contribution in [2.24, 2.45) is 22.9 Å². The zero-order chi connectivity index (χ0) is 9.00. The van der Waals surface area contributed by atoms with Crippen LogP contribution in [0.2, 0.25) is 0 Å². The van der Waals surface area contributed by atoms with E-state index in [-0.39, 0.29) is 48.9 Å². The van der Waals surface area contributed by atoms with Crippen LogP contribution in [0.3, 0.4) is 0 Å². The van der Waals surface area contributed by atoms with Gasteiger partial charge < -0.3 is 33.1 Å². The second kappa shape index (κ2) is 6.81. The van der Waals surface area contributed by atoms with E-state index in [0.717, 1.165) is 0 Å². The fourth-order valence-electron chi connectivity index (χ4n) is 0. The maximum Gasteiger partial charge on any atom is 2.00 e. The molecule has 0 aliphatic carbocycles. The smallest absolute Gasteiger partial charge is 0.827 e. The van der Waals surface area contributed by atoms with Crippen molar-refractivity contribution in [3.63, 3.8) is 0 Å². The SMILES string of the molecule is CC(N)(N)[O-].CC(N)(N)[O-].[Ba+2]. The van der Waals surface area contributed by atoms with E-state index < -0.39 is 11.7 Å². The van der Waals surface area contributed by atoms with E-state index in [0.29, 0.717) is 0 Å². The van der Waals surface area contributed by atoms with Crippen LogP contribution in [0.5, 0.6) is 0 Å². The molecule has 0 saturated carbocycles. The molecule has 0 saturated heterocycles. The van der Waals surface area contributed by atoms with Crippen molar-refractivity contribution in [3.05, 3.63) is 0 Å². The van der Waals surface area contributed by atoms with Gasteiger partial charge in [0.1, 0.15) is 0 Å². The van der Waals surface area contributed by atoms with Crippen molar-refractivity contribution in [2.45, 2.75) is 25.5 Å². The number of hydrogen-bond acceptors (Lipinski definition) is 6. The average Bonchev–Trinajstić information content (AvgIpc) is 1.12. The minimum atomic E-state index is -1.75. The van der Waals surface area contributed by atoms with Gasteiger partial charge in [-0.15, -0.1) is 0 Å². The van der Waals surface area contributed by atoms with E-state index >= 15 is 0 Å². The molecule has 0 radical (unpaired) electrons. The predicted molar refractivity (Wildman–Crippen MR) is 39.3 cm³/mol. The Morgan fingerprint density at radius 2 is 0.818 bits per heavy atom. The van der Waals surface area contributed by atoms with Gasteiger partial charge in [0.2, 0.25) is 0 Å². The van der Waals surface area contributed by atoms with Gasteiger partial charge in [-0.3, -0.25) is 0 Å². The normalized spacial score (nSPS) is 10.9. The van der Waals surface area contributed by atoms with Crippen LogP contribution in [-0.2, 0) is 0 Å². The van der Waals surface area contributed by atoms with Gasteiger partial charge in [-0.25, -0.2) is 0 Å². The monoisotopic (exact) mass is 288 g/mol.